The number of alkyl halides is 4. The van der Waals surface area contributed by atoms with Crippen molar-refractivity contribution in [3.05, 3.63) is 87.7 Å². The number of halogens is 6. The lowest BCUT2D eigenvalue weighted by atomic mass is 9.91. The van der Waals surface area contributed by atoms with Gasteiger partial charge in [-0.2, -0.15) is 13.2 Å². The average Bonchev–Trinajstić information content (AvgIpc) is 3.14. The highest BCUT2D eigenvalue weighted by atomic mass is 19.4. The summed E-state index contributed by atoms with van der Waals surface area (Å²) in [7, 11) is 1.97. The molecular weight excluding hydrogens is 466 g/mol. The summed E-state index contributed by atoms with van der Waals surface area (Å²) >= 11 is 0. The largest absolute Gasteiger partial charge is 0.416 e. The lowest BCUT2D eigenvalue weighted by Gasteiger charge is -2.19. The van der Waals surface area contributed by atoms with E-state index in [0.29, 0.717) is 11.1 Å². The molecule has 1 heterocycles. The molecule has 0 spiro atoms. The first-order valence-corrected chi connectivity index (χ1v) is 11.4. The van der Waals surface area contributed by atoms with Crippen molar-refractivity contribution >= 4 is 5.69 Å². The van der Waals surface area contributed by atoms with Gasteiger partial charge in [0, 0.05) is 31.0 Å². The van der Waals surface area contributed by atoms with E-state index in [0.717, 1.165) is 61.0 Å². The average molecular weight is 501 g/mol. The minimum Gasteiger partial charge on any atom is -0.399 e. The lowest BCUT2D eigenvalue weighted by molar-refractivity contribution is -0.0884. The number of nitrogens with zero attached hydrogens (tertiary/aromatic N) is 1. The fraction of sp³-hybridized carbons (Fsp3) is 0.407. The summed E-state index contributed by atoms with van der Waals surface area (Å²) in [5, 5.41) is 0. The van der Waals surface area contributed by atoms with E-state index in [2.05, 4.69) is 4.90 Å². The molecule has 0 unspecified atom stereocenters. The van der Waals surface area contributed by atoms with Crippen LogP contribution >= 0.6 is 0 Å². The molecule has 1 aromatic carbocycles. The molecule has 0 radical (unpaired) electrons. The first-order valence-electron chi connectivity index (χ1n) is 11.4. The zero-order valence-corrected chi connectivity index (χ0v) is 20.9. The Balaban J connectivity index is 0.000000566. The fourth-order valence-corrected chi connectivity index (χ4v) is 3.53. The van der Waals surface area contributed by atoms with E-state index in [9.17, 15) is 26.3 Å². The number of rotatable bonds is 6. The third kappa shape index (κ3) is 9.70. The van der Waals surface area contributed by atoms with Gasteiger partial charge in [-0.15, -0.1) is 0 Å². The van der Waals surface area contributed by atoms with Crippen molar-refractivity contribution in [3.63, 3.8) is 0 Å². The van der Waals surface area contributed by atoms with Gasteiger partial charge in [0.25, 0.3) is 0 Å². The van der Waals surface area contributed by atoms with Gasteiger partial charge in [-0.05, 0) is 81.0 Å². The van der Waals surface area contributed by atoms with Gasteiger partial charge < -0.3 is 10.6 Å². The number of nitrogen functional groups attached to an aromatic ring is 1. The van der Waals surface area contributed by atoms with E-state index < -0.39 is 30.1 Å². The molecule has 0 aliphatic carbocycles. The lowest BCUT2D eigenvalue weighted by Crippen LogP contribution is -2.13. The van der Waals surface area contributed by atoms with Crippen molar-refractivity contribution in [1.29, 1.82) is 0 Å². The van der Waals surface area contributed by atoms with E-state index in [-0.39, 0.29) is 17.7 Å². The third-order valence-electron chi connectivity index (χ3n) is 5.33. The van der Waals surface area contributed by atoms with Crippen LogP contribution in [0.5, 0.6) is 0 Å². The van der Waals surface area contributed by atoms with Crippen molar-refractivity contribution < 1.29 is 26.3 Å². The summed E-state index contributed by atoms with van der Waals surface area (Å²) in [6.45, 7) is 7.10. The predicted octanol–water partition coefficient (Wildman–Crippen LogP) is 8.22. The van der Waals surface area contributed by atoms with E-state index in [1.807, 2.05) is 27.0 Å². The fourth-order valence-electron chi connectivity index (χ4n) is 3.53. The van der Waals surface area contributed by atoms with Crippen LogP contribution in [0.15, 0.2) is 76.1 Å². The van der Waals surface area contributed by atoms with E-state index in [4.69, 9.17) is 5.73 Å². The van der Waals surface area contributed by atoms with Crippen LogP contribution in [0.3, 0.4) is 0 Å². The zero-order chi connectivity index (χ0) is 26.8. The molecule has 1 aliphatic rings. The van der Waals surface area contributed by atoms with Gasteiger partial charge in [-0.1, -0.05) is 24.6 Å². The maximum atomic E-state index is 13.6. The highest BCUT2D eigenvalue weighted by Crippen LogP contribution is 2.34. The summed E-state index contributed by atoms with van der Waals surface area (Å²) in [4.78, 5) is 2.10. The minimum absolute atomic E-state index is 0.104. The molecule has 35 heavy (non-hydrogen) atoms. The zero-order valence-electron chi connectivity index (χ0n) is 20.9. The number of allylic oxidation sites excluding steroid dienone is 10. The van der Waals surface area contributed by atoms with Crippen LogP contribution in [-0.4, -0.2) is 31.3 Å². The topological polar surface area (TPSA) is 29.3 Å². The van der Waals surface area contributed by atoms with Gasteiger partial charge in [0.2, 0.25) is 0 Å². The van der Waals surface area contributed by atoms with Crippen molar-refractivity contribution in [2.75, 3.05) is 26.0 Å². The highest BCUT2D eigenvalue weighted by Gasteiger charge is 2.32. The highest BCUT2D eigenvalue weighted by molar-refractivity contribution is 5.57. The predicted molar refractivity (Wildman–Crippen MR) is 131 cm³/mol. The Labute approximate surface area is 204 Å². The number of benzene rings is 1. The second-order valence-corrected chi connectivity index (χ2v) is 8.35. The van der Waals surface area contributed by atoms with E-state index in [1.54, 1.807) is 19.9 Å². The number of anilines is 1. The van der Waals surface area contributed by atoms with Gasteiger partial charge in [-0.25, -0.2) is 13.2 Å². The maximum Gasteiger partial charge on any atom is 0.416 e. The maximum absolute atomic E-state index is 13.6. The first-order chi connectivity index (χ1) is 16.3. The van der Waals surface area contributed by atoms with Crippen molar-refractivity contribution in [2.24, 2.45) is 0 Å². The smallest absolute Gasteiger partial charge is 0.399 e. The van der Waals surface area contributed by atoms with Gasteiger partial charge in [0.05, 0.1) is 5.57 Å². The van der Waals surface area contributed by atoms with Crippen LogP contribution in [0.25, 0.3) is 0 Å². The van der Waals surface area contributed by atoms with Crippen LogP contribution in [-0.2, 0) is 0 Å². The van der Waals surface area contributed by atoms with Gasteiger partial charge >= 0.3 is 6.18 Å². The molecule has 0 saturated carbocycles. The summed E-state index contributed by atoms with van der Waals surface area (Å²) in [6.07, 6.45) is 3.36. The number of nitrogens with two attached hydrogens (primary N) is 1. The Kier molecular flexibility index (Phi) is 11.9. The molecule has 0 amide bonds. The van der Waals surface area contributed by atoms with Gasteiger partial charge in [0.15, 0.2) is 0 Å². The summed E-state index contributed by atoms with van der Waals surface area (Å²) in [5.74, 6) is -1.29. The second kappa shape index (κ2) is 13.9. The second-order valence-electron chi connectivity index (χ2n) is 8.35. The van der Waals surface area contributed by atoms with E-state index in [1.165, 1.54) is 0 Å². The minimum atomic E-state index is -4.47. The first kappa shape index (κ1) is 30.1. The molecule has 0 bridgehead atoms. The third-order valence-corrected chi connectivity index (χ3v) is 5.33. The van der Waals surface area contributed by atoms with Crippen molar-refractivity contribution in [2.45, 2.75) is 53.1 Å². The normalized spacial score (nSPS) is 16.4. The Morgan fingerprint density at radius 1 is 1.11 bits per heavy atom. The molecule has 2 rings (SSSR count). The Hall–Kier alpha value is -2.90. The summed E-state index contributed by atoms with van der Waals surface area (Å²) in [5.41, 5.74) is 7.60. The monoisotopic (exact) mass is 500 g/mol. The van der Waals surface area contributed by atoms with Crippen LogP contribution < -0.4 is 5.73 Å². The van der Waals surface area contributed by atoms with E-state index >= 15 is 0 Å². The Morgan fingerprint density at radius 3 is 2.09 bits per heavy atom. The van der Waals surface area contributed by atoms with Crippen molar-refractivity contribution in [1.82, 2.24) is 4.90 Å². The molecule has 0 atom stereocenters. The summed E-state index contributed by atoms with van der Waals surface area (Å²) in [6, 6.07) is 2.89. The van der Waals surface area contributed by atoms with Crippen LogP contribution in [0.2, 0.25) is 0 Å². The van der Waals surface area contributed by atoms with Crippen molar-refractivity contribution in [3.8, 4) is 0 Å². The molecule has 1 aromatic rings. The molecule has 194 valence electrons. The molecule has 2 N–H and O–H groups in total. The van der Waals surface area contributed by atoms with Crippen LogP contribution in [0, 0.1) is 11.6 Å². The number of hydrogen-bond acceptors (Lipinski definition) is 2. The van der Waals surface area contributed by atoms with Crippen LogP contribution in [0.4, 0.5) is 32.0 Å². The summed E-state index contributed by atoms with van der Waals surface area (Å²) < 4.78 is 78.0. The van der Waals surface area contributed by atoms with Crippen LogP contribution in [0.1, 0.15) is 47.0 Å². The van der Waals surface area contributed by atoms with Gasteiger partial charge in [0.1, 0.15) is 18.3 Å². The molecule has 1 fully saturated rings. The number of likely N-dealkylation sites (tertiary alicyclic amines) is 1. The SMILES string of the molecule is C\C=C(CF)/C(=C\C(=C\CC)C(F)(F)F)C(/C=C1/CCCN1C)=C(C)C.Nc1cc(F)cc(F)c1. The molecule has 1 saturated heterocycles. The molecule has 8 heteroatoms. The molecule has 2 nitrogen and oxygen atoms in total. The molecule has 1 aliphatic heterocycles. The Bertz CT molecular complexity index is 959. The molecule has 0 aromatic heterocycles. The number of hydrogen-bond donors (Lipinski definition) is 1. The van der Waals surface area contributed by atoms with Gasteiger partial charge in [-0.3, -0.25) is 0 Å². The standard InChI is InChI=1S/C21H29F4N.C6H5F2N/c1-6-9-17(21(23,24)25)12-20(16(7-2)14-22)19(15(3)4)13-18-10-8-11-26(18)5;7-4-1-5(8)3-6(9)2-4/h7,9,12-13H,6,8,10-11,14H2,1-5H3;1-3H,9H2/b16-7-,17-9-,18-13-,20-12+;. The molecular formula is C27H34F6N2. The Morgan fingerprint density at radius 2 is 1.71 bits per heavy atom. The quantitative estimate of drug-likeness (QED) is 0.242.